The van der Waals surface area contributed by atoms with E-state index in [-0.39, 0.29) is 5.92 Å². The van der Waals surface area contributed by atoms with Gasteiger partial charge in [-0.1, -0.05) is 45.6 Å². The molecule has 0 amide bonds. The lowest BCUT2D eigenvalue weighted by Crippen LogP contribution is -2.07. The van der Waals surface area contributed by atoms with Crippen molar-refractivity contribution in [1.82, 2.24) is 0 Å². The molecule has 0 aliphatic carbocycles. The van der Waals surface area contributed by atoms with Gasteiger partial charge in [-0.3, -0.25) is 4.79 Å². The van der Waals surface area contributed by atoms with E-state index in [1.165, 1.54) is 25.7 Å². The van der Waals surface area contributed by atoms with E-state index < -0.39 is 0 Å². The van der Waals surface area contributed by atoms with Crippen LogP contribution in [0.15, 0.2) is 12.7 Å². The van der Waals surface area contributed by atoms with Crippen molar-refractivity contribution in [2.45, 2.75) is 52.4 Å². The molecule has 0 spiro atoms. The molecule has 0 bridgehead atoms. The molecule has 0 aromatic heterocycles. The molecule has 0 radical (unpaired) electrons. The zero-order valence-corrected chi connectivity index (χ0v) is 9.01. The fraction of sp³-hybridized carbons (Fsp3) is 0.750. The van der Waals surface area contributed by atoms with Crippen molar-refractivity contribution in [3.8, 4) is 0 Å². The van der Waals surface area contributed by atoms with Crippen molar-refractivity contribution >= 4 is 5.78 Å². The predicted octanol–water partition coefficient (Wildman–Crippen LogP) is 3.74. The second-order valence-corrected chi connectivity index (χ2v) is 3.65. The molecule has 0 rings (SSSR count). The summed E-state index contributed by atoms with van der Waals surface area (Å²) in [6.45, 7) is 7.74. The van der Waals surface area contributed by atoms with E-state index in [4.69, 9.17) is 0 Å². The van der Waals surface area contributed by atoms with Gasteiger partial charge in [0.1, 0.15) is 5.78 Å². The largest absolute Gasteiger partial charge is 0.299 e. The van der Waals surface area contributed by atoms with Gasteiger partial charge in [0.15, 0.2) is 0 Å². The van der Waals surface area contributed by atoms with Crippen LogP contribution in [-0.2, 0) is 4.79 Å². The van der Waals surface area contributed by atoms with Crippen LogP contribution in [0, 0.1) is 5.92 Å². The van der Waals surface area contributed by atoms with E-state index >= 15 is 0 Å². The van der Waals surface area contributed by atoms with Crippen LogP contribution in [0.25, 0.3) is 0 Å². The summed E-state index contributed by atoms with van der Waals surface area (Å²) < 4.78 is 0. The molecular weight excluding hydrogens is 160 g/mol. The summed E-state index contributed by atoms with van der Waals surface area (Å²) in [5, 5.41) is 0. The Morgan fingerprint density at radius 1 is 1.31 bits per heavy atom. The van der Waals surface area contributed by atoms with Crippen molar-refractivity contribution in [2.24, 2.45) is 5.92 Å². The van der Waals surface area contributed by atoms with Crippen LogP contribution >= 0.6 is 0 Å². The lowest BCUT2D eigenvalue weighted by Gasteiger charge is -2.04. The Morgan fingerprint density at radius 2 is 1.92 bits per heavy atom. The minimum atomic E-state index is 0.0474. The molecule has 0 N–H and O–H groups in total. The van der Waals surface area contributed by atoms with Crippen molar-refractivity contribution in [3.63, 3.8) is 0 Å². The van der Waals surface area contributed by atoms with Crippen LogP contribution < -0.4 is 0 Å². The number of Topliss-reactive ketones (excluding diaryl/α,β-unsaturated/α-hetero) is 1. The van der Waals surface area contributed by atoms with Crippen molar-refractivity contribution in [3.05, 3.63) is 12.7 Å². The summed E-state index contributed by atoms with van der Waals surface area (Å²) in [6, 6.07) is 0. The van der Waals surface area contributed by atoms with Crippen molar-refractivity contribution in [1.29, 1.82) is 0 Å². The zero-order chi connectivity index (χ0) is 10.1. The SMILES string of the molecule is C=CC(C)C(=O)CCCCCCC. The molecule has 1 atom stereocenters. The van der Waals surface area contributed by atoms with Crippen molar-refractivity contribution in [2.75, 3.05) is 0 Å². The van der Waals surface area contributed by atoms with Crippen LogP contribution in [0.4, 0.5) is 0 Å². The Hall–Kier alpha value is -0.590. The quantitative estimate of drug-likeness (QED) is 0.413. The highest BCUT2D eigenvalue weighted by Crippen LogP contribution is 2.09. The summed E-state index contributed by atoms with van der Waals surface area (Å²) in [5.41, 5.74) is 0. The number of carbonyl (C=O) groups excluding carboxylic acids is 1. The number of ketones is 1. The predicted molar refractivity (Wildman–Crippen MR) is 57.7 cm³/mol. The normalized spacial score (nSPS) is 12.5. The lowest BCUT2D eigenvalue weighted by molar-refractivity contribution is -0.121. The number of carbonyl (C=O) groups is 1. The van der Waals surface area contributed by atoms with Gasteiger partial charge in [0.2, 0.25) is 0 Å². The summed E-state index contributed by atoms with van der Waals surface area (Å²) in [6.07, 6.45) is 8.54. The highest BCUT2D eigenvalue weighted by atomic mass is 16.1. The molecule has 1 unspecified atom stereocenters. The lowest BCUT2D eigenvalue weighted by atomic mass is 10.0. The van der Waals surface area contributed by atoms with E-state index in [0.717, 1.165) is 12.8 Å². The molecule has 76 valence electrons. The van der Waals surface area contributed by atoms with Gasteiger partial charge in [-0.15, -0.1) is 6.58 Å². The van der Waals surface area contributed by atoms with E-state index in [1.807, 2.05) is 6.92 Å². The Labute approximate surface area is 82.2 Å². The smallest absolute Gasteiger partial charge is 0.139 e. The number of allylic oxidation sites excluding steroid dienone is 1. The molecule has 0 saturated carbocycles. The molecule has 1 nitrogen and oxygen atoms in total. The average molecular weight is 182 g/mol. The standard InChI is InChI=1S/C12H22O/c1-4-6-7-8-9-10-12(13)11(3)5-2/h5,11H,2,4,6-10H2,1,3H3. The maximum Gasteiger partial charge on any atom is 0.139 e. The molecule has 0 heterocycles. The van der Waals surface area contributed by atoms with E-state index in [1.54, 1.807) is 6.08 Å². The topological polar surface area (TPSA) is 17.1 Å². The number of unbranched alkanes of at least 4 members (excludes halogenated alkanes) is 4. The number of hydrogen-bond donors (Lipinski definition) is 0. The molecule has 0 aliphatic heterocycles. The Balaban J connectivity index is 3.32. The van der Waals surface area contributed by atoms with Crippen LogP contribution in [0.3, 0.4) is 0 Å². The van der Waals surface area contributed by atoms with Crippen LogP contribution in [-0.4, -0.2) is 5.78 Å². The third kappa shape index (κ3) is 6.56. The van der Waals surface area contributed by atoms with Crippen molar-refractivity contribution < 1.29 is 4.79 Å². The molecule has 0 fully saturated rings. The van der Waals surface area contributed by atoms with Crippen LogP contribution in [0.2, 0.25) is 0 Å². The first-order chi connectivity index (χ1) is 6.22. The molecule has 0 aliphatic rings. The van der Waals surface area contributed by atoms with Gasteiger partial charge in [-0.25, -0.2) is 0 Å². The molecule has 0 aromatic carbocycles. The second-order valence-electron chi connectivity index (χ2n) is 3.65. The minimum Gasteiger partial charge on any atom is -0.299 e. The zero-order valence-electron chi connectivity index (χ0n) is 9.01. The third-order valence-corrected chi connectivity index (χ3v) is 2.39. The maximum atomic E-state index is 11.3. The molecule has 0 saturated heterocycles. The summed E-state index contributed by atoms with van der Waals surface area (Å²) in [7, 11) is 0. The molecule has 13 heavy (non-hydrogen) atoms. The van der Waals surface area contributed by atoms with Gasteiger partial charge in [-0.05, 0) is 6.42 Å². The summed E-state index contributed by atoms with van der Waals surface area (Å²) >= 11 is 0. The Bertz CT molecular complexity index is 149. The average Bonchev–Trinajstić information content (AvgIpc) is 2.16. The fourth-order valence-electron chi connectivity index (χ4n) is 1.26. The monoisotopic (exact) mass is 182 g/mol. The fourth-order valence-corrected chi connectivity index (χ4v) is 1.26. The van der Waals surface area contributed by atoms with E-state index in [9.17, 15) is 4.79 Å². The van der Waals surface area contributed by atoms with Gasteiger partial charge in [0, 0.05) is 12.3 Å². The van der Waals surface area contributed by atoms with E-state index in [0.29, 0.717) is 5.78 Å². The Kier molecular flexibility index (Phi) is 7.66. The molecule has 1 heteroatoms. The minimum absolute atomic E-state index is 0.0474. The first-order valence-electron chi connectivity index (χ1n) is 5.37. The van der Waals surface area contributed by atoms with Crippen LogP contribution in [0.1, 0.15) is 52.4 Å². The first kappa shape index (κ1) is 12.4. The van der Waals surface area contributed by atoms with Gasteiger partial charge < -0.3 is 0 Å². The molecular formula is C12H22O. The Morgan fingerprint density at radius 3 is 2.46 bits per heavy atom. The summed E-state index contributed by atoms with van der Waals surface area (Å²) in [5.74, 6) is 0.387. The van der Waals surface area contributed by atoms with Gasteiger partial charge in [-0.2, -0.15) is 0 Å². The second kappa shape index (κ2) is 8.03. The third-order valence-electron chi connectivity index (χ3n) is 2.39. The van der Waals surface area contributed by atoms with Crippen LogP contribution in [0.5, 0.6) is 0 Å². The number of hydrogen-bond acceptors (Lipinski definition) is 1. The van der Waals surface area contributed by atoms with Gasteiger partial charge >= 0.3 is 0 Å². The van der Waals surface area contributed by atoms with Gasteiger partial charge in [0.25, 0.3) is 0 Å². The summed E-state index contributed by atoms with van der Waals surface area (Å²) in [4.78, 5) is 11.3. The maximum absolute atomic E-state index is 11.3. The highest BCUT2D eigenvalue weighted by molar-refractivity contribution is 5.82. The first-order valence-corrected chi connectivity index (χ1v) is 5.37. The highest BCUT2D eigenvalue weighted by Gasteiger charge is 2.07. The molecule has 0 aromatic rings. The number of rotatable bonds is 8. The van der Waals surface area contributed by atoms with E-state index in [2.05, 4.69) is 13.5 Å². The van der Waals surface area contributed by atoms with Gasteiger partial charge in [0.05, 0.1) is 0 Å².